The van der Waals surface area contributed by atoms with Crippen LogP contribution >= 0.6 is 0 Å². The predicted octanol–water partition coefficient (Wildman–Crippen LogP) is 2.15. The normalized spacial score (nSPS) is 23.3. The lowest BCUT2D eigenvalue weighted by Gasteiger charge is -2.34. The van der Waals surface area contributed by atoms with Crippen LogP contribution in [0.3, 0.4) is 0 Å². The number of ether oxygens (including phenoxy) is 4. The van der Waals surface area contributed by atoms with E-state index in [0.29, 0.717) is 5.75 Å². The summed E-state index contributed by atoms with van der Waals surface area (Å²) in [5.74, 6) is -3.06. The Hall–Kier alpha value is -3.03. The molecule has 0 bridgehead atoms. The molecule has 138 valence electrons. The van der Waals surface area contributed by atoms with Crippen molar-refractivity contribution in [1.82, 2.24) is 0 Å². The van der Waals surface area contributed by atoms with Crippen molar-refractivity contribution in [3.8, 4) is 11.5 Å². The molecule has 0 spiro atoms. The number of methoxy groups -OCH3 is 1. The third-order valence-electron chi connectivity index (χ3n) is 4.15. The van der Waals surface area contributed by atoms with Crippen molar-refractivity contribution in [1.29, 1.82) is 0 Å². The van der Waals surface area contributed by atoms with Crippen LogP contribution in [0.4, 0.5) is 0 Å². The highest BCUT2D eigenvalue weighted by Crippen LogP contribution is 2.45. The molecule has 3 rings (SSSR count). The maximum absolute atomic E-state index is 12.6. The van der Waals surface area contributed by atoms with Crippen LogP contribution in [0.2, 0.25) is 0 Å². The summed E-state index contributed by atoms with van der Waals surface area (Å²) in [4.78, 5) is 35.7. The van der Waals surface area contributed by atoms with Crippen LogP contribution in [0.25, 0.3) is 5.57 Å². The van der Waals surface area contributed by atoms with Crippen LogP contribution in [0.15, 0.2) is 18.2 Å². The van der Waals surface area contributed by atoms with Crippen molar-refractivity contribution in [3.63, 3.8) is 0 Å². The molecule has 2 aliphatic heterocycles. The minimum atomic E-state index is -1.43. The molecule has 26 heavy (non-hydrogen) atoms. The zero-order chi connectivity index (χ0) is 19.3. The number of benzene rings is 1. The second-order valence-electron chi connectivity index (χ2n) is 6.72. The molecule has 0 fully saturated rings. The Kier molecular flexibility index (Phi) is 3.94. The Morgan fingerprint density at radius 2 is 1.85 bits per heavy atom. The van der Waals surface area contributed by atoms with E-state index in [1.807, 2.05) is 0 Å². The van der Waals surface area contributed by atoms with Crippen molar-refractivity contribution in [2.24, 2.45) is 0 Å². The van der Waals surface area contributed by atoms with Crippen LogP contribution in [0.5, 0.6) is 11.5 Å². The molecule has 0 aliphatic carbocycles. The van der Waals surface area contributed by atoms with Gasteiger partial charge in [-0.15, -0.1) is 0 Å². The number of rotatable bonds is 4. The topological polar surface area (TPSA) is 108 Å². The van der Waals surface area contributed by atoms with Gasteiger partial charge >= 0.3 is 17.9 Å². The lowest BCUT2D eigenvalue weighted by atomic mass is 9.85. The minimum Gasteiger partial charge on any atom is -0.497 e. The Bertz CT molecular complexity index is 851. The molecule has 0 saturated heterocycles. The van der Waals surface area contributed by atoms with Gasteiger partial charge in [0.05, 0.1) is 13.5 Å². The summed E-state index contributed by atoms with van der Waals surface area (Å²) in [6.45, 7) is 4.65. The van der Waals surface area contributed by atoms with E-state index in [9.17, 15) is 19.5 Å². The predicted molar refractivity (Wildman–Crippen MR) is 87.8 cm³/mol. The number of aliphatic carboxylic acids is 1. The van der Waals surface area contributed by atoms with Crippen molar-refractivity contribution < 1.29 is 38.4 Å². The Labute approximate surface area is 149 Å². The number of esters is 2. The number of carbonyl (C=O) groups is 3. The second kappa shape index (κ2) is 5.76. The van der Waals surface area contributed by atoms with E-state index in [0.717, 1.165) is 0 Å². The van der Waals surface area contributed by atoms with Crippen molar-refractivity contribution >= 4 is 23.5 Å². The molecular weight excluding hydrogens is 344 g/mol. The molecule has 8 heteroatoms. The molecule has 2 heterocycles. The van der Waals surface area contributed by atoms with Crippen LogP contribution in [0.1, 0.15) is 43.1 Å². The molecule has 0 amide bonds. The van der Waals surface area contributed by atoms with Gasteiger partial charge in [0.1, 0.15) is 22.7 Å². The molecule has 2 aliphatic rings. The average molecular weight is 362 g/mol. The lowest BCUT2D eigenvalue weighted by Crippen LogP contribution is -2.40. The SMILES string of the molecule is COc1cc2c(c(C3=CC(=O)OC3(C)CC(=O)O)c1)C(=O)OC(C)(C)O2. The fraction of sp³-hybridized carbons (Fsp3) is 0.389. The van der Waals surface area contributed by atoms with Crippen LogP contribution in [-0.2, 0) is 19.1 Å². The smallest absolute Gasteiger partial charge is 0.345 e. The van der Waals surface area contributed by atoms with Gasteiger partial charge in [-0.2, -0.15) is 0 Å². The molecule has 0 aromatic heterocycles. The van der Waals surface area contributed by atoms with Crippen LogP contribution in [-0.4, -0.2) is 41.5 Å². The molecular formula is C18H18O8. The fourth-order valence-corrected chi connectivity index (χ4v) is 3.13. The van der Waals surface area contributed by atoms with Crippen molar-refractivity contribution in [2.45, 2.75) is 38.6 Å². The minimum absolute atomic E-state index is 0.0892. The van der Waals surface area contributed by atoms with E-state index in [4.69, 9.17) is 18.9 Å². The summed E-state index contributed by atoms with van der Waals surface area (Å²) in [5, 5.41) is 9.19. The monoisotopic (exact) mass is 362 g/mol. The van der Waals surface area contributed by atoms with Gasteiger partial charge in [0.15, 0.2) is 0 Å². The third kappa shape index (κ3) is 2.98. The quantitative estimate of drug-likeness (QED) is 0.812. The summed E-state index contributed by atoms with van der Waals surface area (Å²) in [6, 6.07) is 3.06. The van der Waals surface area contributed by atoms with Gasteiger partial charge < -0.3 is 24.1 Å². The molecule has 8 nitrogen and oxygen atoms in total. The number of carboxylic acid groups (broad SMARTS) is 1. The molecule has 1 unspecified atom stereocenters. The van der Waals surface area contributed by atoms with E-state index < -0.39 is 35.7 Å². The summed E-state index contributed by atoms with van der Waals surface area (Å²) < 4.78 is 21.5. The van der Waals surface area contributed by atoms with Crippen LogP contribution < -0.4 is 9.47 Å². The number of carboxylic acids is 1. The first-order valence-corrected chi connectivity index (χ1v) is 7.86. The fourth-order valence-electron chi connectivity index (χ4n) is 3.13. The van der Waals surface area contributed by atoms with Gasteiger partial charge in [-0.25, -0.2) is 9.59 Å². The second-order valence-corrected chi connectivity index (χ2v) is 6.72. The molecule has 0 radical (unpaired) electrons. The van der Waals surface area contributed by atoms with E-state index in [1.54, 1.807) is 13.8 Å². The van der Waals surface area contributed by atoms with Gasteiger partial charge in [0.25, 0.3) is 0 Å². The summed E-state index contributed by atoms with van der Waals surface area (Å²) in [7, 11) is 1.44. The number of hydrogen-bond donors (Lipinski definition) is 1. The Morgan fingerprint density at radius 1 is 1.15 bits per heavy atom. The number of fused-ring (bicyclic) bond motifs is 1. The van der Waals surface area contributed by atoms with Crippen LogP contribution in [0, 0.1) is 0 Å². The first kappa shape index (κ1) is 17.8. The zero-order valence-electron chi connectivity index (χ0n) is 14.7. The molecule has 1 N–H and O–H groups in total. The van der Waals surface area contributed by atoms with E-state index in [2.05, 4.69) is 0 Å². The highest BCUT2D eigenvalue weighted by Gasteiger charge is 2.45. The maximum Gasteiger partial charge on any atom is 0.345 e. The maximum atomic E-state index is 12.6. The largest absolute Gasteiger partial charge is 0.497 e. The number of cyclic esters (lactones) is 2. The molecule has 0 saturated carbocycles. The van der Waals surface area contributed by atoms with Gasteiger partial charge in [0, 0.05) is 37.1 Å². The van der Waals surface area contributed by atoms with Gasteiger partial charge in [0.2, 0.25) is 5.79 Å². The van der Waals surface area contributed by atoms with Gasteiger partial charge in [-0.05, 0) is 13.0 Å². The van der Waals surface area contributed by atoms with Gasteiger partial charge in [-0.1, -0.05) is 0 Å². The summed E-state index contributed by atoms with van der Waals surface area (Å²) >= 11 is 0. The standard InChI is InChI=1S/C18H18O8/c1-17(2)24-12-6-9(23-4)5-10(15(12)16(22)26-17)11-7-14(21)25-18(11,3)8-13(19)20/h5-7H,8H2,1-4H3,(H,19,20). The van der Waals surface area contributed by atoms with E-state index >= 15 is 0 Å². The lowest BCUT2D eigenvalue weighted by molar-refractivity contribution is -0.150. The van der Waals surface area contributed by atoms with E-state index in [1.165, 1.54) is 32.2 Å². The molecule has 1 aromatic carbocycles. The Balaban J connectivity index is 2.22. The summed E-state index contributed by atoms with van der Waals surface area (Å²) in [5.41, 5.74) is -0.822. The van der Waals surface area contributed by atoms with Crippen molar-refractivity contribution in [2.75, 3.05) is 7.11 Å². The summed E-state index contributed by atoms with van der Waals surface area (Å²) in [6.07, 6.45) is 0.711. The highest BCUT2D eigenvalue weighted by atomic mass is 16.7. The average Bonchev–Trinajstić information content (AvgIpc) is 2.77. The molecule has 1 atom stereocenters. The highest BCUT2D eigenvalue weighted by molar-refractivity contribution is 6.06. The first-order chi connectivity index (χ1) is 12.0. The Morgan fingerprint density at radius 3 is 2.46 bits per heavy atom. The third-order valence-corrected chi connectivity index (χ3v) is 4.15. The van der Waals surface area contributed by atoms with Crippen molar-refractivity contribution in [3.05, 3.63) is 29.3 Å². The van der Waals surface area contributed by atoms with Gasteiger partial charge in [-0.3, -0.25) is 4.79 Å². The number of hydrogen-bond acceptors (Lipinski definition) is 7. The zero-order valence-corrected chi connectivity index (χ0v) is 14.7. The molecule has 1 aromatic rings. The number of carbonyl (C=O) groups excluding carboxylic acids is 2. The van der Waals surface area contributed by atoms with E-state index in [-0.39, 0.29) is 22.4 Å². The first-order valence-electron chi connectivity index (χ1n) is 7.86.